The third-order valence-electron chi connectivity index (χ3n) is 5.54. The fourth-order valence-corrected chi connectivity index (χ4v) is 3.77. The highest BCUT2D eigenvalue weighted by Crippen LogP contribution is 2.23. The normalized spacial score (nSPS) is 17.3. The van der Waals surface area contributed by atoms with E-state index in [9.17, 15) is 22.8 Å². The fraction of sp³-hybridized carbons (Fsp3) is 0.522. The number of benzene rings is 1. The van der Waals surface area contributed by atoms with Gasteiger partial charge in [0.2, 0.25) is 5.91 Å². The van der Waals surface area contributed by atoms with E-state index >= 15 is 0 Å². The summed E-state index contributed by atoms with van der Waals surface area (Å²) in [6, 6.07) is 7.02. The molecule has 1 aromatic heterocycles. The van der Waals surface area contributed by atoms with Crippen LogP contribution in [0.1, 0.15) is 42.5 Å². The van der Waals surface area contributed by atoms with Gasteiger partial charge in [0, 0.05) is 26.2 Å². The zero-order valence-corrected chi connectivity index (χ0v) is 19.6. The maximum absolute atomic E-state index is 13.2. The molecule has 0 radical (unpaired) electrons. The number of rotatable bonds is 7. The third kappa shape index (κ3) is 6.49. The van der Waals surface area contributed by atoms with Crippen LogP contribution in [0.2, 0.25) is 0 Å². The van der Waals surface area contributed by atoms with Gasteiger partial charge in [-0.15, -0.1) is 13.2 Å². The van der Waals surface area contributed by atoms with Gasteiger partial charge in [-0.05, 0) is 44.0 Å². The van der Waals surface area contributed by atoms with E-state index in [2.05, 4.69) is 9.84 Å². The minimum absolute atomic E-state index is 0.0764. The van der Waals surface area contributed by atoms with Gasteiger partial charge in [-0.1, -0.05) is 19.1 Å². The van der Waals surface area contributed by atoms with Crippen LogP contribution in [0, 0.1) is 0 Å². The van der Waals surface area contributed by atoms with E-state index < -0.39 is 12.5 Å². The molecule has 0 N–H and O–H groups in total. The molecule has 0 spiro atoms. The number of carbonyl (C=O) groups is 2. The number of ether oxygens (including phenoxy) is 2. The Kier molecular flexibility index (Phi) is 7.86. The topological polar surface area (TPSA) is 76.9 Å². The molecule has 8 nitrogen and oxygen atoms in total. The number of aryl methyl sites for hydroxylation is 2. The van der Waals surface area contributed by atoms with E-state index in [0.29, 0.717) is 24.2 Å². The molecule has 0 aliphatic carbocycles. The zero-order chi connectivity index (χ0) is 25.0. The maximum atomic E-state index is 13.2. The molecule has 1 fully saturated rings. The van der Waals surface area contributed by atoms with Crippen molar-refractivity contribution in [2.24, 2.45) is 7.05 Å². The van der Waals surface area contributed by atoms with Gasteiger partial charge < -0.3 is 19.3 Å². The van der Waals surface area contributed by atoms with Crippen molar-refractivity contribution in [3.63, 3.8) is 0 Å². The summed E-state index contributed by atoms with van der Waals surface area (Å²) >= 11 is 0. The molecule has 1 aliphatic rings. The molecule has 2 amide bonds. The summed E-state index contributed by atoms with van der Waals surface area (Å²) in [7, 11) is 1.69. The van der Waals surface area contributed by atoms with Crippen molar-refractivity contribution in [1.29, 1.82) is 0 Å². The van der Waals surface area contributed by atoms with Crippen LogP contribution in [0.15, 0.2) is 30.3 Å². The number of hydrogen-bond donors (Lipinski definition) is 0. The van der Waals surface area contributed by atoms with Crippen molar-refractivity contribution in [3.05, 3.63) is 47.3 Å². The number of amides is 2. The second-order valence-electron chi connectivity index (χ2n) is 8.45. The Bertz CT molecular complexity index is 1000. The van der Waals surface area contributed by atoms with E-state index in [0.717, 1.165) is 5.69 Å². The summed E-state index contributed by atoms with van der Waals surface area (Å²) in [6.45, 7) is 6.23. The number of nitrogens with zero attached hydrogens (tertiary/aromatic N) is 4. The van der Waals surface area contributed by atoms with E-state index in [-0.39, 0.29) is 43.3 Å². The summed E-state index contributed by atoms with van der Waals surface area (Å²) in [5.41, 5.74) is 1.81. The largest absolute Gasteiger partial charge is 0.573 e. The Morgan fingerprint density at radius 2 is 1.88 bits per heavy atom. The first-order valence-corrected chi connectivity index (χ1v) is 11.0. The maximum Gasteiger partial charge on any atom is 0.573 e. The van der Waals surface area contributed by atoms with Gasteiger partial charge in [-0.2, -0.15) is 5.10 Å². The highest BCUT2D eigenvalue weighted by Gasteiger charge is 2.34. The Morgan fingerprint density at radius 3 is 2.44 bits per heavy atom. The molecule has 1 aliphatic heterocycles. The average Bonchev–Trinajstić information content (AvgIpc) is 3.05. The SMILES string of the molecule is CCc1cc(C(=O)N2CC(=O)N(C(C)C)C[C@H](OCc3ccc(OC(F)(F)F)cc3)C2)n(C)n1. The third-order valence-corrected chi connectivity index (χ3v) is 5.54. The first-order valence-electron chi connectivity index (χ1n) is 11.0. The highest BCUT2D eigenvalue weighted by atomic mass is 19.4. The summed E-state index contributed by atoms with van der Waals surface area (Å²) in [4.78, 5) is 29.2. The Balaban J connectivity index is 1.73. The minimum atomic E-state index is -4.76. The first-order chi connectivity index (χ1) is 16.0. The van der Waals surface area contributed by atoms with E-state index in [1.165, 1.54) is 33.8 Å². The molecular weight excluding hydrogens is 453 g/mol. The van der Waals surface area contributed by atoms with Crippen LogP contribution in [0.3, 0.4) is 0 Å². The number of hydrogen-bond acceptors (Lipinski definition) is 5. The molecule has 11 heteroatoms. The van der Waals surface area contributed by atoms with Crippen LogP contribution >= 0.6 is 0 Å². The molecule has 0 saturated carbocycles. The van der Waals surface area contributed by atoms with Crippen LogP contribution in [-0.4, -0.2) is 69.5 Å². The predicted molar refractivity (Wildman–Crippen MR) is 117 cm³/mol. The van der Waals surface area contributed by atoms with Crippen molar-refractivity contribution in [2.45, 2.75) is 52.3 Å². The Labute approximate surface area is 196 Å². The van der Waals surface area contributed by atoms with Crippen LogP contribution in [0.25, 0.3) is 0 Å². The highest BCUT2D eigenvalue weighted by molar-refractivity contribution is 5.95. The molecule has 186 valence electrons. The molecule has 1 aromatic carbocycles. The number of halogens is 3. The molecule has 3 rings (SSSR count). The van der Waals surface area contributed by atoms with Crippen molar-refractivity contribution >= 4 is 11.8 Å². The first kappa shape index (κ1) is 25.5. The lowest BCUT2D eigenvalue weighted by atomic mass is 10.2. The van der Waals surface area contributed by atoms with E-state index in [4.69, 9.17) is 4.74 Å². The van der Waals surface area contributed by atoms with Gasteiger partial charge in [0.1, 0.15) is 18.0 Å². The van der Waals surface area contributed by atoms with Crippen LogP contribution < -0.4 is 4.74 Å². The summed E-state index contributed by atoms with van der Waals surface area (Å²) in [6.07, 6.45) is -4.56. The molecule has 0 unspecified atom stereocenters. The van der Waals surface area contributed by atoms with Crippen molar-refractivity contribution in [2.75, 3.05) is 19.6 Å². The lowest BCUT2D eigenvalue weighted by Crippen LogP contribution is -2.42. The van der Waals surface area contributed by atoms with E-state index in [1.54, 1.807) is 18.0 Å². The van der Waals surface area contributed by atoms with Crippen LogP contribution in [-0.2, 0) is 29.6 Å². The number of carbonyl (C=O) groups excluding carboxylic acids is 2. The summed E-state index contributed by atoms with van der Waals surface area (Å²) < 4.78 is 48.5. The Morgan fingerprint density at radius 1 is 1.21 bits per heavy atom. The predicted octanol–water partition coefficient (Wildman–Crippen LogP) is 3.16. The van der Waals surface area contributed by atoms with E-state index in [1.807, 2.05) is 20.8 Å². The second kappa shape index (κ2) is 10.5. The lowest BCUT2D eigenvalue weighted by Gasteiger charge is -2.27. The second-order valence-corrected chi connectivity index (χ2v) is 8.45. The molecule has 34 heavy (non-hydrogen) atoms. The van der Waals surface area contributed by atoms with Crippen molar-refractivity contribution < 1.29 is 32.2 Å². The standard InChI is InChI=1S/C23H29F3N4O4/c1-5-17-10-20(28(4)27-17)22(32)29-11-19(12-30(15(2)3)21(31)13-29)33-14-16-6-8-18(9-7-16)34-23(24,25)26/h6-10,15,19H,5,11-14H2,1-4H3/t19-/m1/s1. The number of alkyl halides is 3. The van der Waals surface area contributed by atoms with Crippen molar-refractivity contribution in [1.82, 2.24) is 19.6 Å². The molecule has 1 saturated heterocycles. The van der Waals surface area contributed by atoms with Gasteiger partial charge in [0.05, 0.1) is 18.4 Å². The quantitative estimate of drug-likeness (QED) is 0.606. The molecular formula is C23H29F3N4O4. The van der Waals surface area contributed by atoms with Gasteiger partial charge in [-0.25, -0.2) is 0 Å². The zero-order valence-electron chi connectivity index (χ0n) is 19.6. The van der Waals surface area contributed by atoms with Gasteiger partial charge in [0.15, 0.2) is 0 Å². The smallest absolute Gasteiger partial charge is 0.406 e. The lowest BCUT2D eigenvalue weighted by molar-refractivity contribution is -0.274. The molecule has 2 aromatic rings. The fourth-order valence-electron chi connectivity index (χ4n) is 3.77. The molecule has 2 heterocycles. The van der Waals surface area contributed by atoms with Crippen LogP contribution in [0.4, 0.5) is 13.2 Å². The van der Waals surface area contributed by atoms with Gasteiger partial charge in [0.25, 0.3) is 5.91 Å². The van der Waals surface area contributed by atoms with Crippen molar-refractivity contribution in [3.8, 4) is 5.75 Å². The Hall–Kier alpha value is -3.08. The summed E-state index contributed by atoms with van der Waals surface area (Å²) in [5, 5.41) is 4.32. The molecule has 0 bridgehead atoms. The minimum Gasteiger partial charge on any atom is -0.406 e. The molecule has 1 atom stereocenters. The van der Waals surface area contributed by atoms with Crippen LogP contribution in [0.5, 0.6) is 5.75 Å². The summed E-state index contributed by atoms with van der Waals surface area (Å²) in [5.74, 6) is -0.807. The van der Waals surface area contributed by atoms with Gasteiger partial charge >= 0.3 is 6.36 Å². The average molecular weight is 483 g/mol. The van der Waals surface area contributed by atoms with Gasteiger partial charge in [-0.3, -0.25) is 14.3 Å². The number of aromatic nitrogens is 2. The monoisotopic (exact) mass is 482 g/mol.